The Morgan fingerprint density at radius 1 is 1.82 bits per heavy atom. The molecule has 2 rings (SSSR count). The molecule has 2 heterocycles. The van der Waals surface area contributed by atoms with Crippen LogP contribution in [-0.4, -0.2) is 29.8 Å². The topological polar surface area (TPSA) is 44.7 Å². The average Bonchev–Trinajstić information content (AvgIpc) is 2.31. The summed E-state index contributed by atoms with van der Waals surface area (Å²) < 4.78 is 1.17. The van der Waals surface area contributed by atoms with Gasteiger partial charge in [0.2, 0.25) is 0 Å². The molecule has 0 aromatic heterocycles. The molecule has 1 atom stereocenters. The standard InChI is InChI=1S/C6H6IN3O/c7-4-1-5-6(11)8-3-9-10(5)2-4/h1,3,5H,2H2,(H,8,9,11)/t5-/m0/s1. The monoisotopic (exact) mass is 263 g/mol. The number of carbonyl (C=O) groups excluding carboxylic acids is 1. The Labute approximate surface area is 77.5 Å². The van der Waals surface area contributed by atoms with Crippen LogP contribution < -0.4 is 5.32 Å². The SMILES string of the molecule is O=C1NC=NN2CC(I)=C[C@@H]12. The quantitative estimate of drug-likeness (QED) is 0.628. The summed E-state index contributed by atoms with van der Waals surface area (Å²) in [6.07, 6.45) is 3.36. The molecular weight excluding hydrogens is 257 g/mol. The summed E-state index contributed by atoms with van der Waals surface area (Å²) in [5.41, 5.74) is 0. The van der Waals surface area contributed by atoms with Crippen molar-refractivity contribution in [1.29, 1.82) is 0 Å². The Hall–Kier alpha value is -0.590. The first-order valence-corrected chi connectivity index (χ1v) is 4.31. The van der Waals surface area contributed by atoms with E-state index in [4.69, 9.17) is 0 Å². The molecule has 0 aromatic rings. The number of nitrogens with one attached hydrogen (secondary N) is 1. The van der Waals surface area contributed by atoms with Crippen molar-refractivity contribution in [2.45, 2.75) is 6.04 Å². The Balaban J connectivity index is 2.28. The van der Waals surface area contributed by atoms with Crippen LogP contribution >= 0.6 is 22.6 Å². The van der Waals surface area contributed by atoms with Gasteiger partial charge in [0.25, 0.3) is 5.91 Å². The minimum Gasteiger partial charge on any atom is -0.313 e. The van der Waals surface area contributed by atoms with Crippen LogP contribution in [0.25, 0.3) is 0 Å². The second-order valence-electron chi connectivity index (χ2n) is 2.41. The number of amides is 1. The lowest BCUT2D eigenvalue weighted by Crippen LogP contribution is -2.45. The first-order chi connectivity index (χ1) is 5.27. The van der Waals surface area contributed by atoms with Crippen LogP contribution in [-0.2, 0) is 4.79 Å². The Morgan fingerprint density at radius 3 is 3.36 bits per heavy atom. The Morgan fingerprint density at radius 2 is 2.64 bits per heavy atom. The van der Waals surface area contributed by atoms with Gasteiger partial charge in [0.15, 0.2) is 0 Å². The number of hydrogen-bond donors (Lipinski definition) is 1. The number of hydrogen-bond acceptors (Lipinski definition) is 3. The van der Waals surface area contributed by atoms with E-state index in [1.807, 2.05) is 6.08 Å². The van der Waals surface area contributed by atoms with Crippen LogP contribution in [0, 0.1) is 0 Å². The van der Waals surface area contributed by atoms with Crippen LogP contribution in [0.3, 0.4) is 0 Å². The first kappa shape index (κ1) is 7.08. The van der Waals surface area contributed by atoms with E-state index in [1.165, 1.54) is 9.92 Å². The molecule has 0 radical (unpaired) electrons. The number of fused-ring (bicyclic) bond motifs is 1. The molecule has 0 spiro atoms. The third-order valence-electron chi connectivity index (χ3n) is 1.65. The van der Waals surface area contributed by atoms with Gasteiger partial charge in [-0.25, -0.2) is 0 Å². The van der Waals surface area contributed by atoms with Gasteiger partial charge in [-0.2, -0.15) is 5.10 Å². The summed E-state index contributed by atoms with van der Waals surface area (Å²) in [5, 5.41) is 8.33. The minimum atomic E-state index is -0.174. The summed E-state index contributed by atoms with van der Waals surface area (Å²) in [6.45, 7) is 0.759. The van der Waals surface area contributed by atoms with E-state index in [-0.39, 0.29) is 11.9 Å². The Kier molecular flexibility index (Phi) is 1.59. The molecule has 5 heteroatoms. The molecule has 1 N–H and O–H groups in total. The third kappa shape index (κ3) is 1.13. The highest BCUT2D eigenvalue weighted by Gasteiger charge is 2.30. The molecular formula is C6H6IN3O. The molecule has 0 bridgehead atoms. The molecule has 0 aliphatic carbocycles. The predicted octanol–water partition coefficient (Wildman–Crippen LogP) is 0.0626. The summed E-state index contributed by atoms with van der Waals surface area (Å²) >= 11 is 2.21. The molecule has 2 aliphatic rings. The van der Waals surface area contributed by atoms with Gasteiger partial charge in [-0.15, -0.1) is 0 Å². The smallest absolute Gasteiger partial charge is 0.253 e. The molecule has 4 nitrogen and oxygen atoms in total. The van der Waals surface area contributed by atoms with Crippen LogP contribution in [0.5, 0.6) is 0 Å². The number of nitrogens with zero attached hydrogens (tertiary/aromatic N) is 2. The molecule has 0 saturated heterocycles. The second-order valence-corrected chi connectivity index (χ2v) is 3.79. The molecule has 58 valence electrons. The molecule has 1 amide bonds. The molecule has 0 unspecified atom stereocenters. The van der Waals surface area contributed by atoms with Gasteiger partial charge in [-0.3, -0.25) is 9.80 Å². The molecule has 0 saturated carbocycles. The van der Waals surface area contributed by atoms with Crippen LogP contribution in [0.4, 0.5) is 0 Å². The van der Waals surface area contributed by atoms with Crippen LogP contribution in [0.2, 0.25) is 0 Å². The fraction of sp³-hybridized carbons (Fsp3) is 0.333. The number of rotatable bonds is 0. The van der Waals surface area contributed by atoms with Gasteiger partial charge in [-0.1, -0.05) is 0 Å². The Bertz CT molecular complexity index is 261. The number of hydrazone groups is 1. The predicted molar refractivity (Wildman–Crippen MR) is 49.2 cm³/mol. The zero-order valence-electron chi connectivity index (χ0n) is 5.62. The van der Waals surface area contributed by atoms with Gasteiger partial charge in [0.05, 0.1) is 6.54 Å². The van der Waals surface area contributed by atoms with Gasteiger partial charge in [0.1, 0.15) is 12.4 Å². The highest BCUT2D eigenvalue weighted by atomic mass is 127. The summed E-state index contributed by atoms with van der Waals surface area (Å²) in [6, 6.07) is -0.174. The van der Waals surface area contributed by atoms with E-state index in [2.05, 4.69) is 33.0 Å². The fourth-order valence-electron chi connectivity index (χ4n) is 1.14. The van der Waals surface area contributed by atoms with E-state index in [0.29, 0.717) is 0 Å². The van der Waals surface area contributed by atoms with Crippen molar-refractivity contribution in [2.24, 2.45) is 5.10 Å². The zero-order valence-corrected chi connectivity index (χ0v) is 7.78. The van der Waals surface area contributed by atoms with Crippen LogP contribution in [0.15, 0.2) is 14.8 Å². The van der Waals surface area contributed by atoms with E-state index < -0.39 is 0 Å². The van der Waals surface area contributed by atoms with Crippen molar-refractivity contribution in [2.75, 3.05) is 6.54 Å². The van der Waals surface area contributed by atoms with E-state index >= 15 is 0 Å². The molecule has 0 aromatic carbocycles. The molecule has 0 fully saturated rings. The molecule has 2 aliphatic heterocycles. The van der Waals surface area contributed by atoms with Crippen LogP contribution in [0.1, 0.15) is 0 Å². The average molecular weight is 263 g/mol. The maximum Gasteiger partial charge on any atom is 0.253 e. The number of halogens is 1. The van der Waals surface area contributed by atoms with Crippen molar-refractivity contribution in [3.8, 4) is 0 Å². The second kappa shape index (κ2) is 2.47. The minimum absolute atomic E-state index is 0.00617. The van der Waals surface area contributed by atoms with Crippen molar-refractivity contribution < 1.29 is 4.79 Å². The highest BCUT2D eigenvalue weighted by molar-refractivity contribution is 14.1. The summed E-state index contributed by atoms with van der Waals surface area (Å²) in [7, 11) is 0. The summed E-state index contributed by atoms with van der Waals surface area (Å²) in [4.78, 5) is 11.1. The first-order valence-electron chi connectivity index (χ1n) is 3.23. The summed E-state index contributed by atoms with van der Waals surface area (Å²) in [5.74, 6) is 0.00617. The molecule has 11 heavy (non-hydrogen) atoms. The lowest BCUT2D eigenvalue weighted by atomic mass is 10.3. The zero-order chi connectivity index (χ0) is 7.84. The maximum atomic E-state index is 11.1. The van der Waals surface area contributed by atoms with Gasteiger partial charge < -0.3 is 5.32 Å². The lowest BCUT2D eigenvalue weighted by molar-refractivity contribution is -0.123. The van der Waals surface area contributed by atoms with Crippen molar-refractivity contribution in [1.82, 2.24) is 10.3 Å². The van der Waals surface area contributed by atoms with E-state index in [0.717, 1.165) is 6.54 Å². The highest BCUT2D eigenvalue weighted by Crippen LogP contribution is 2.22. The van der Waals surface area contributed by atoms with Crippen molar-refractivity contribution in [3.63, 3.8) is 0 Å². The van der Waals surface area contributed by atoms with Crippen molar-refractivity contribution in [3.05, 3.63) is 9.66 Å². The number of carbonyl (C=O) groups is 1. The van der Waals surface area contributed by atoms with E-state index in [9.17, 15) is 4.79 Å². The largest absolute Gasteiger partial charge is 0.313 e. The maximum absolute atomic E-state index is 11.1. The van der Waals surface area contributed by atoms with Gasteiger partial charge >= 0.3 is 0 Å². The normalized spacial score (nSPS) is 28.1. The van der Waals surface area contributed by atoms with Gasteiger partial charge in [-0.05, 0) is 28.7 Å². The third-order valence-corrected chi connectivity index (χ3v) is 2.36. The fourth-order valence-corrected chi connectivity index (χ4v) is 1.83. The lowest BCUT2D eigenvalue weighted by Gasteiger charge is -2.22. The van der Waals surface area contributed by atoms with Crippen molar-refractivity contribution >= 4 is 34.8 Å². The van der Waals surface area contributed by atoms with Gasteiger partial charge in [0, 0.05) is 3.58 Å². The van der Waals surface area contributed by atoms with E-state index in [1.54, 1.807) is 5.01 Å².